The van der Waals surface area contributed by atoms with Crippen LogP contribution in [0.25, 0.3) is 0 Å². The summed E-state index contributed by atoms with van der Waals surface area (Å²) < 4.78 is 0. The third kappa shape index (κ3) is 2.81. The first kappa shape index (κ1) is 12.4. The van der Waals surface area contributed by atoms with Gasteiger partial charge in [0.2, 0.25) is 0 Å². The van der Waals surface area contributed by atoms with E-state index in [2.05, 4.69) is 27.2 Å². The summed E-state index contributed by atoms with van der Waals surface area (Å²) in [4.78, 5) is 12.6. The number of nitrogens with zero attached hydrogens (tertiary/aromatic N) is 3. The highest BCUT2D eigenvalue weighted by Crippen LogP contribution is 2.23. The van der Waals surface area contributed by atoms with Gasteiger partial charge in [-0.15, -0.1) is 0 Å². The lowest BCUT2D eigenvalue weighted by Crippen LogP contribution is -2.25. The van der Waals surface area contributed by atoms with E-state index < -0.39 is 0 Å². The molecule has 2 heterocycles. The van der Waals surface area contributed by atoms with Gasteiger partial charge in [-0.2, -0.15) is 0 Å². The van der Waals surface area contributed by atoms with Gasteiger partial charge >= 0.3 is 0 Å². The number of nitrogens with two attached hydrogens (primary N) is 1. The molecule has 0 spiro atoms. The van der Waals surface area contributed by atoms with Gasteiger partial charge in [0.15, 0.2) is 0 Å². The summed E-state index contributed by atoms with van der Waals surface area (Å²) in [7, 11) is 0. The quantitative estimate of drug-likeness (QED) is 0.833. The fraction of sp³-hybridized carbons (Fsp3) is 0.308. The zero-order chi connectivity index (χ0) is 12.8. The number of pyridine rings is 1. The third-order valence-electron chi connectivity index (χ3n) is 2.68. The average molecular weight is 243 g/mol. The first-order valence-corrected chi connectivity index (χ1v) is 6.01. The van der Waals surface area contributed by atoms with E-state index in [1.165, 1.54) is 0 Å². The normalized spacial score (nSPS) is 12.3. The van der Waals surface area contributed by atoms with Crippen LogP contribution in [0.15, 0.2) is 37.1 Å². The van der Waals surface area contributed by atoms with Crippen LogP contribution in [0.2, 0.25) is 0 Å². The van der Waals surface area contributed by atoms with E-state index in [1.54, 1.807) is 37.1 Å². The topological polar surface area (TPSA) is 76.7 Å². The number of hydrogen-bond donors (Lipinski definition) is 2. The Labute approximate surface area is 106 Å². The van der Waals surface area contributed by atoms with Crippen LogP contribution in [0.4, 0.5) is 5.69 Å². The van der Waals surface area contributed by atoms with Crippen LogP contribution in [-0.2, 0) is 0 Å². The molecule has 1 unspecified atom stereocenters. The van der Waals surface area contributed by atoms with Crippen LogP contribution < -0.4 is 11.1 Å². The molecule has 3 N–H and O–H groups in total. The lowest BCUT2D eigenvalue weighted by molar-refractivity contribution is 0.584. The molecule has 0 amide bonds. The molecule has 0 aromatic carbocycles. The van der Waals surface area contributed by atoms with Crippen molar-refractivity contribution in [3.05, 3.63) is 48.3 Å². The molecule has 0 fully saturated rings. The molecule has 2 aromatic heterocycles. The fourth-order valence-electron chi connectivity index (χ4n) is 1.78. The minimum Gasteiger partial charge on any atom is -0.398 e. The van der Waals surface area contributed by atoms with Gasteiger partial charge in [0.25, 0.3) is 0 Å². The summed E-state index contributed by atoms with van der Waals surface area (Å²) in [6.07, 6.45) is 9.59. The minimum absolute atomic E-state index is 0.0626. The molecule has 0 saturated carbocycles. The monoisotopic (exact) mass is 243 g/mol. The zero-order valence-corrected chi connectivity index (χ0v) is 10.4. The largest absolute Gasteiger partial charge is 0.398 e. The van der Waals surface area contributed by atoms with E-state index in [9.17, 15) is 0 Å². The number of hydrogen-bond acceptors (Lipinski definition) is 5. The Morgan fingerprint density at radius 2 is 2.06 bits per heavy atom. The van der Waals surface area contributed by atoms with Crippen LogP contribution >= 0.6 is 0 Å². The molecule has 5 nitrogen and oxygen atoms in total. The second-order valence-electron chi connectivity index (χ2n) is 4.02. The first-order chi connectivity index (χ1) is 8.83. The summed E-state index contributed by atoms with van der Waals surface area (Å²) in [6, 6.07) is 1.74. The Kier molecular flexibility index (Phi) is 4.20. The Balaban J connectivity index is 2.34. The highest BCUT2D eigenvalue weighted by atomic mass is 15.0. The number of nitrogens with one attached hydrogen (secondary N) is 1. The summed E-state index contributed by atoms with van der Waals surface area (Å²) in [5.41, 5.74) is 8.50. The smallest absolute Gasteiger partial charge is 0.0802 e. The predicted molar refractivity (Wildman–Crippen MR) is 70.8 cm³/mol. The van der Waals surface area contributed by atoms with Gasteiger partial charge < -0.3 is 11.1 Å². The van der Waals surface area contributed by atoms with Crippen molar-refractivity contribution in [3.63, 3.8) is 0 Å². The number of nitrogen functional groups attached to an aromatic ring is 1. The van der Waals surface area contributed by atoms with E-state index in [4.69, 9.17) is 5.73 Å². The Bertz CT molecular complexity index is 486. The van der Waals surface area contributed by atoms with Crippen molar-refractivity contribution in [1.29, 1.82) is 0 Å². The summed E-state index contributed by atoms with van der Waals surface area (Å²) in [5, 5.41) is 3.42. The predicted octanol–water partition coefficient (Wildman–Crippen LogP) is 1.54. The molecular weight excluding hydrogens is 226 g/mol. The van der Waals surface area contributed by atoms with Crippen LogP contribution in [0.1, 0.15) is 30.6 Å². The molecule has 5 heteroatoms. The van der Waals surface area contributed by atoms with Crippen LogP contribution in [0, 0.1) is 0 Å². The summed E-state index contributed by atoms with van der Waals surface area (Å²) in [5.74, 6) is 0. The molecule has 0 saturated heterocycles. The molecule has 0 aliphatic heterocycles. The van der Waals surface area contributed by atoms with Crippen molar-refractivity contribution in [2.75, 3.05) is 12.3 Å². The maximum atomic E-state index is 6.00. The van der Waals surface area contributed by atoms with Crippen LogP contribution in [0.3, 0.4) is 0 Å². The maximum absolute atomic E-state index is 6.00. The molecule has 0 bridgehead atoms. The zero-order valence-electron chi connectivity index (χ0n) is 10.4. The van der Waals surface area contributed by atoms with E-state index >= 15 is 0 Å². The van der Waals surface area contributed by atoms with Gasteiger partial charge in [-0.1, -0.05) is 6.92 Å². The lowest BCUT2D eigenvalue weighted by Gasteiger charge is -2.19. The van der Waals surface area contributed by atoms with E-state index in [1.807, 2.05) is 0 Å². The summed E-state index contributed by atoms with van der Waals surface area (Å²) in [6.45, 7) is 3.00. The van der Waals surface area contributed by atoms with Crippen molar-refractivity contribution in [2.45, 2.75) is 19.4 Å². The van der Waals surface area contributed by atoms with Gasteiger partial charge in [-0.05, 0) is 19.0 Å². The molecule has 18 heavy (non-hydrogen) atoms. The van der Waals surface area contributed by atoms with E-state index in [0.29, 0.717) is 5.69 Å². The van der Waals surface area contributed by atoms with Crippen LogP contribution in [-0.4, -0.2) is 21.5 Å². The number of aromatic nitrogens is 3. The van der Waals surface area contributed by atoms with Gasteiger partial charge in [-0.3, -0.25) is 15.0 Å². The van der Waals surface area contributed by atoms with Crippen molar-refractivity contribution in [2.24, 2.45) is 0 Å². The van der Waals surface area contributed by atoms with Crippen molar-refractivity contribution in [1.82, 2.24) is 20.3 Å². The lowest BCUT2D eigenvalue weighted by atomic mass is 10.0. The molecule has 0 radical (unpaired) electrons. The minimum atomic E-state index is -0.0626. The molecule has 0 aliphatic carbocycles. The highest BCUT2D eigenvalue weighted by molar-refractivity contribution is 5.48. The van der Waals surface area contributed by atoms with Crippen LogP contribution in [0.5, 0.6) is 0 Å². The van der Waals surface area contributed by atoms with Crippen molar-refractivity contribution < 1.29 is 0 Å². The standard InChI is InChI=1S/C13H17N5/c1-2-4-18-13(12-9-16-6-7-17-12)10-8-15-5-3-11(10)14/h3,5-9,13,18H,2,4H2,1H3,(H2,14,15). The average Bonchev–Trinajstić information content (AvgIpc) is 2.42. The Morgan fingerprint density at radius 1 is 1.22 bits per heavy atom. The molecule has 0 aliphatic rings. The van der Waals surface area contributed by atoms with Gasteiger partial charge in [0.05, 0.1) is 17.9 Å². The Morgan fingerprint density at radius 3 is 2.72 bits per heavy atom. The van der Waals surface area contributed by atoms with E-state index in [-0.39, 0.29) is 6.04 Å². The molecule has 2 aromatic rings. The maximum Gasteiger partial charge on any atom is 0.0802 e. The summed E-state index contributed by atoms with van der Waals surface area (Å²) >= 11 is 0. The fourth-order valence-corrected chi connectivity index (χ4v) is 1.78. The van der Waals surface area contributed by atoms with E-state index in [0.717, 1.165) is 24.2 Å². The van der Waals surface area contributed by atoms with Crippen molar-refractivity contribution >= 4 is 5.69 Å². The Hall–Kier alpha value is -2.01. The molecule has 2 rings (SSSR count). The van der Waals surface area contributed by atoms with Crippen molar-refractivity contribution in [3.8, 4) is 0 Å². The van der Waals surface area contributed by atoms with Gasteiger partial charge in [0.1, 0.15) is 0 Å². The van der Waals surface area contributed by atoms with Gasteiger partial charge in [0, 0.05) is 36.0 Å². The third-order valence-corrected chi connectivity index (χ3v) is 2.68. The number of rotatable bonds is 5. The van der Waals surface area contributed by atoms with Gasteiger partial charge in [-0.25, -0.2) is 0 Å². The SMILES string of the molecule is CCCNC(c1cnccn1)c1cnccc1N. The number of anilines is 1. The molecular formula is C13H17N5. The highest BCUT2D eigenvalue weighted by Gasteiger charge is 2.17. The first-order valence-electron chi connectivity index (χ1n) is 6.01. The molecule has 1 atom stereocenters. The second-order valence-corrected chi connectivity index (χ2v) is 4.02. The molecule has 94 valence electrons. The second kappa shape index (κ2) is 6.07.